The van der Waals surface area contributed by atoms with Crippen molar-refractivity contribution in [3.05, 3.63) is 29.7 Å². The minimum atomic E-state index is 0.0721. The second-order valence-corrected chi connectivity index (χ2v) is 4.50. The van der Waals surface area contributed by atoms with Gasteiger partial charge in [-0.1, -0.05) is 0 Å². The Labute approximate surface area is 98.9 Å². The van der Waals surface area contributed by atoms with Crippen LogP contribution in [0.4, 0.5) is 0 Å². The number of aryl methyl sites for hydroxylation is 1. The molecule has 1 aliphatic heterocycles. The summed E-state index contributed by atoms with van der Waals surface area (Å²) in [6.45, 7) is 2.77. The Bertz CT molecular complexity index is 575. The van der Waals surface area contributed by atoms with Gasteiger partial charge in [0, 0.05) is 37.2 Å². The van der Waals surface area contributed by atoms with Crippen LogP contribution in [0.25, 0.3) is 5.65 Å². The maximum absolute atomic E-state index is 11.5. The van der Waals surface area contributed by atoms with Crippen molar-refractivity contribution in [2.45, 2.75) is 25.8 Å². The lowest BCUT2D eigenvalue weighted by molar-refractivity contribution is -0.120. The molecule has 3 rings (SSSR count). The lowest BCUT2D eigenvalue weighted by Gasteiger charge is -2.23. The van der Waals surface area contributed by atoms with Crippen LogP contribution in [-0.2, 0) is 4.79 Å². The zero-order valence-electron chi connectivity index (χ0n) is 9.68. The lowest BCUT2D eigenvalue weighted by Crippen LogP contribution is -2.32. The largest absolute Gasteiger partial charge is 0.309 e. The fourth-order valence-corrected chi connectivity index (χ4v) is 2.36. The molecule has 1 unspecified atom stereocenters. The Kier molecular flexibility index (Phi) is 2.40. The van der Waals surface area contributed by atoms with E-state index < -0.39 is 0 Å². The van der Waals surface area contributed by atoms with Gasteiger partial charge in [-0.2, -0.15) is 5.10 Å². The van der Waals surface area contributed by atoms with Crippen LogP contribution in [0, 0.1) is 6.92 Å². The molecular weight excluding hydrogens is 216 g/mol. The van der Waals surface area contributed by atoms with Gasteiger partial charge < -0.3 is 5.32 Å². The van der Waals surface area contributed by atoms with Crippen molar-refractivity contribution in [2.24, 2.45) is 0 Å². The topological polar surface area (TPSA) is 59.3 Å². The predicted octanol–water partition coefficient (Wildman–Crippen LogP) is 1.03. The summed E-state index contributed by atoms with van der Waals surface area (Å²) in [5.41, 5.74) is 3.02. The Morgan fingerprint density at radius 1 is 1.53 bits per heavy atom. The summed E-state index contributed by atoms with van der Waals surface area (Å²) in [5.74, 6) is 0.313. The maximum atomic E-state index is 11.5. The van der Waals surface area contributed by atoms with Crippen molar-refractivity contribution in [1.29, 1.82) is 0 Å². The van der Waals surface area contributed by atoms with Crippen molar-refractivity contribution >= 4 is 11.4 Å². The Hall–Kier alpha value is -1.75. The van der Waals surface area contributed by atoms with Gasteiger partial charge in [0.1, 0.15) is 12.1 Å². The molecule has 2 aromatic rings. The first-order chi connectivity index (χ1) is 8.24. The van der Waals surface area contributed by atoms with Gasteiger partial charge in [0.25, 0.3) is 0 Å². The number of piperidine rings is 1. The van der Waals surface area contributed by atoms with Crippen LogP contribution in [0.2, 0.25) is 0 Å². The number of carbonyl (C=O) groups is 1. The first kappa shape index (κ1) is 10.4. The molecule has 5 nitrogen and oxygen atoms in total. The highest BCUT2D eigenvalue weighted by molar-refractivity contribution is 5.80. The number of nitrogens with zero attached hydrogens (tertiary/aromatic N) is 3. The number of pyridine rings is 1. The number of nitrogens with one attached hydrogen (secondary N) is 1. The number of carbonyl (C=O) groups excluding carboxylic acids is 1. The van der Waals surface area contributed by atoms with E-state index in [4.69, 9.17) is 0 Å². The van der Waals surface area contributed by atoms with Gasteiger partial charge in [-0.15, -0.1) is 0 Å². The lowest BCUT2D eigenvalue weighted by atomic mass is 9.96. The van der Waals surface area contributed by atoms with Crippen molar-refractivity contribution in [3.8, 4) is 0 Å². The zero-order valence-corrected chi connectivity index (χ0v) is 9.68. The van der Waals surface area contributed by atoms with E-state index in [1.165, 1.54) is 0 Å². The normalized spacial score (nSPS) is 21.0. The van der Waals surface area contributed by atoms with E-state index in [2.05, 4.69) is 21.5 Å². The molecule has 1 saturated heterocycles. The molecule has 3 heterocycles. The van der Waals surface area contributed by atoms with Crippen LogP contribution < -0.4 is 5.32 Å². The minimum absolute atomic E-state index is 0.0721. The molecule has 1 aliphatic rings. The number of aromatic nitrogens is 3. The van der Waals surface area contributed by atoms with E-state index in [0.717, 1.165) is 23.3 Å². The van der Waals surface area contributed by atoms with Gasteiger partial charge in [-0.3, -0.25) is 4.79 Å². The Morgan fingerprint density at radius 2 is 2.41 bits per heavy atom. The van der Waals surface area contributed by atoms with E-state index in [1.54, 1.807) is 10.8 Å². The van der Waals surface area contributed by atoms with E-state index in [9.17, 15) is 4.79 Å². The van der Waals surface area contributed by atoms with Crippen LogP contribution in [0.3, 0.4) is 0 Å². The molecule has 5 heteroatoms. The van der Waals surface area contributed by atoms with Crippen molar-refractivity contribution in [3.63, 3.8) is 0 Å². The molecule has 0 aliphatic carbocycles. The first-order valence-corrected chi connectivity index (χ1v) is 5.79. The summed E-state index contributed by atoms with van der Waals surface area (Å²) in [7, 11) is 0. The highest BCUT2D eigenvalue weighted by Gasteiger charge is 2.23. The summed E-state index contributed by atoms with van der Waals surface area (Å²) in [5, 5.41) is 7.52. The fourth-order valence-electron chi connectivity index (χ4n) is 2.36. The Morgan fingerprint density at radius 3 is 3.24 bits per heavy atom. The molecule has 17 heavy (non-hydrogen) atoms. The summed E-state index contributed by atoms with van der Waals surface area (Å²) in [6.07, 6.45) is 4.66. The minimum Gasteiger partial charge on any atom is -0.309 e. The molecule has 1 atom stereocenters. The highest BCUT2D eigenvalue weighted by Crippen LogP contribution is 2.24. The van der Waals surface area contributed by atoms with E-state index in [1.807, 2.05) is 13.1 Å². The average molecular weight is 230 g/mol. The maximum Gasteiger partial charge on any atom is 0.160 e. The average Bonchev–Trinajstić information content (AvgIpc) is 2.75. The molecule has 2 aromatic heterocycles. The molecule has 1 N–H and O–H groups in total. The van der Waals surface area contributed by atoms with Crippen LogP contribution in [0.1, 0.15) is 30.0 Å². The number of hydrogen-bond donors (Lipinski definition) is 1. The standard InChI is InChI=1S/C12H14N4O/c1-8-4-10(11-5-9(17)2-3-13-11)12-14-7-15-16(12)6-8/h4,6-7,11,13H,2-3,5H2,1H3. The highest BCUT2D eigenvalue weighted by atomic mass is 16.1. The molecule has 1 fully saturated rings. The van der Waals surface area contributed by atoms with Crippen LogP contribution >= 0.6 is 0 Å². The third-order valence-electron chi connectivity index (χ3n) is 3.14. The van der Waals surface area contributed by atoms with Crippen LogP contribution in [0.5, 0.6) is 0 Å². The second kappa shape index (κ2) is 3.92. The molecule has 0 saturated carbocycles. The number of rotatable bonds is 1. The molecule has 0 amide bonds. The van der Waals surface area contributed by atoms with Crippen LogP contribution in [0.15, 0.2) is 18.6 Å². The van der Waals surface area contributed by atoms with Gasteiger partial charge in [-0.25, -0.2) is 9.50 Å². The van der Waals surface area contributed by atoms with E-state index >= 15 is 0 Å². The smallest absolute Gasteiger partial charge is 0.160 e. The van der Waals surface area contributed by atoms with Gasteiger partial charge >= 0.3 is 0 Å². The Balaban J connectivity index is 2.09. The molecule has 88 valence electrons. The van der Waals surface area contributed by atoms with E-state index in [0.29, 0.717) is 18.6 Å². The van der Waals surface area contributed by atoms with Gasteiger partial charge in [0.15, 0.2) is 5.65 Å². The zero-order chi connectivity index (χ0) is 11.8. The van der Waals surface area contributed by atoms with E-state index in [-0.39, 0.29) is 6.04 Å². The number of hydrogen-bond acceptors (Lipinski definition) is 4. The van der Waals surface area contributed by atoms with Crippen LogP contribution in [-0.4, -0.2) is 26.9 Å². The molecule has 0 bridgehead atoms. The third-order valence-corrected chi connectivity index (χ3v) is 3.14. The summed E-state index contributed by atoms with van der Waals surface area (Å²) in [6, 6.07) is 2.16. The van der Waals surface area contributed by atoms with Gasteiger partial charge in [-0.05, 0) is 18.6 Å². The quantitative estimate of drug-likeness (QED) is 0.795. The summed E-state index contributed by atoms with van der Waals surface area (Å²) >= 11 is 0. The van der Waals surface area contributed by atoms with Gasteiger partial charge in [0.2, 0.25) is 0 Å². The fraction of sp³-hybridized carbons (Fsp3) is 0.417. The van der Waals surface area contributed by atoms with Crippen molar-refractivity contribution < 1.29 is 4.79 Å². The monoisotopic (exact) mass is 230 g/mol. The number of fused-ring (bicyclic) bond motifs is 1. The first-order valence-electron chi connectivity index (χ1n) is 5.79. The van der Waals surface area contributed by atoms with Crippen molar-refractivity contribution in [2.75, 3.05) is 6.54 Å². The molecule has 0 radical (unpaired) electrons. The van der Waals surface area contributed by atoms with Gasteiger partial charge in [0.05, 0.1) is 0 Å². The number of Topliss-reactive ketones (excluding diaryl/α,β-unsaturated/α-hetero) is 1. The number of ketones is 1. The van der Waals surface area contributed by atoms with Crippen molar-refractivity contribution in [1.82, 2.24) is 19.9 Å². The molecule has 0 aromatic carbocycles. The predicted molar refractivity (Wildman–Crippen MR) is 62.7 cm³/mol. The molecular formula is C12H14N4O. The third kappa shape index (κ3) is 1.82. The summed E-state index contributed by atoms with van der Waals surface area (Å²) < 4.78 is 1.77. The SMILES string of the molecule is Cc1cc(C2CC(=O)CCN2)c2ncnn2c1. The second-order valence-electron chi connectivity index (χ2n) is 4.50. The summed E-state index contributed by atoms with van der Waals surface area (Å²) in [4.78, 5) is 15.8. The molecule has 0 spiro atoms.